The lowest BCUT2D eigenvalue weighted by Gasteiger charge is -2.45. The Labute approximate surface area is 135 Å². The van der Waals surface area contributed by atoms with E-state index in [4.69, 9.17) is 14.0 Å². The first-order chi connectivity index (χ1) is 10.0. The second-order valence-electron chi connectivity index (χ2n) is 9.21. The summed E-state index contributed by atoms with van der Waals surface area (Å²) in [6.45, 7) is 13.9. The van der Waals surface area contributed by atoms with E-state index in [1.165, 1.54) is 18.3 Å². The van der Waals surface area contributed by atoms with E-state index in [2.05, 4.69) is 47.6 Å². The average molecular weight is 306 g/mol. The van der Waals surface area contributed by atoms with Gasteiger partial charge in [0.05, 0.1) is 23.4 Å². The van der Waals surface area contributed by atoms with E-state index in [0.29, 0.717) is 5.41 Å². The predicted octanol–water partition coefficient (Wildman–Crippen LogP) is 4.30. The molecule has 3 nitrogen and oxygen atoms in total. The Morgan fingerprint density at radius 1 is 0.909 bits per heavy atom. The van der Waals surface area contributed by atoms with Crippen molar-refractivity contribution in [3.63, 3.8) is 0 Å². The Kier molecular flexibility index (Phi) is 3.83. The van der Waals surface area contributed by atoms with Gasteiger partial charge in [-0.05, 0) is 70.7 Å². The topological polar surface area (TPSA) is 27.7 Å². The number of hydrogen-bond acceptors (Lipinski definition) is 3. The van der Waals surface area contributed by atoms with Crippen molar-refractivity contribution in [1.29, 1.82) is 0 Å². The van der Waals surface area contributed by atoms with Gasteiger partial charge >= 0.3 is 7.12 Å². The zero-order valence-corrected chi connectivity index (χ0v) is 15.1. The summed E-state index contributed by atoms with van der Waals surface area (Å²) >= 11 is 0. The van der Waals surface area contributed by atoms with Crippen molar-refractivity contribution in [1.82, 2.24) is 0 Å². The Hall–Kier alpha value is -0.315. The molecule has 2 saturated heterocycles. The molecular formula is C18H31BO3. The molecule has 1 unspecified atom stereocenters. The first-order valence-electron chi connectivity index (χ1n) is 8.73. The van der Waals surface area contributed by atoms with Crippen molar-refractivity contribution in [3.8, 4) is 0 Å². The highest BCUT2D eigenvalue weighted by Gasteiger charge is 2.53. The highest BCUT2D eigenvalue weighted by molar-refractivity contribution is 6.54. The molecule has 3 aliphatic rings. The molecule has 1 atom stereocenters. The molecule has 0 N–H and O–H groups in total. The summed E-state index contributed by atoms with van der Waals surface area (Å²) in [5, 5.41) is 0. The van der Waals surface area contributed by atoms with Gasteiger partial charge in [0, 0.05) is 0 Å². The van der Waals surface area contributed by atoms with E-state index >= 15 is 0 Å². The van der Waals surface area contributed by atoms with Crippen LogP contribution in [0.25, 0.3) is 0 Å². The summed E-state index contributed by atoms with van der Waals surface area (Å²) < 4.78 is 18.7. The molecule has 0 aromatic rings. The van der Waals surface area contributed by atoms with Crippen LogP contribution in [0, 0.1) is 5.41 Å². The summed E-state index contributed by atoms with van der Waals surface area (Å²) in [7, 11) is -0.178. The Morgan fingerprint density at radius 2 is 1.55 bits per heavy atom. The molecule has 0 aromatic heterocycles. The average Bonchev–Trinajstić information content (AvgIpc) is 2.64. The number of rotatable bonds is 1. The Bertz CT molecular complexity index is 453. The lowest BCUT2D eigenvalue weighted by Crippen LogP contribution is -2.44. The van der Waals surface area contributed by atoms with Crippen LogP contribution in [0.5, 0.6) is 0 Å². The van der Waals surface area contributed by atoms with Crippen LogP contribution in [-0.2, 0) is 14.0 Å². The first kappa shape index (κ1) is 16.5. The molecule has 0 radical (unpaired) electrons. The van der Waals surface area contributed by atoms with Crippen LogP contribution in [-0.4, -0.2) is 30.5 Å². The molecule has 2 aliphatic heterocycles. The summed E-state index contributed by atoms with van der Waals surface area (Å²) in [6, 6.07) is 0. The zero-order chi connectivity index (χ0) is 16.2. The number of hydrogen-bond donors (Lipinski definition) is 0. The van der Waals surface area contributed by atoms with Gasteiger partial charge in [0.15, 0.2) is 0 Å². The molecule has 1 aliphatic carbocycles. The normalized spacial score (nSPS) is 36.5. The van der Waals surface area contributed by atoms with Crippen LogP contribution in [0.2, 0.25) is 0 Å². The first-order valence-corrected chi connectivity index (χ1v) is 8.73. The van der Waals surface area contributed by atoms with Gasteiger partial charge in [-0.1, -0.05) is 19.9 Å². The van der Waals surface area contributed by atoms with E-state index < -0.39 is 0 Å². The molecule has 124 valence electrons. The minimum Gasteiger partial charge on any atom is -0.400 e. The van der Waals surface area contributed by atoms with Crippen molar-refractivity contribution >= 4 is 7.12 Å². The maximum absolute atomic E-state index is 6.29. The molecule has 22 heavy (non-hydrogen) atoms. The molecule has 4 heteroatoms. The largest absolute Gasteiger partial charge is 0.490 e. The minimum absolute atomic E-state index is 0.0721. The maximum Gasteiger partial charge on any atom is 0.490 e. The van der Waals surface area contributed by atoms with Gasteiger partial charge in [-0.15, -0.1) is 0 Å². The fourth-order valence-corrected chi connectivity index (χ4v) is 3.52. The summed E-state index contributed by atoms with van der Waals surface area (Å²) in [6.07, 6.45) is 7.88. The quantitative estimate of drug-likeness (QED) is 0.676. The van der Waals surface area contributed by atoms with Gasteiger partial charge in [-0.3, -0.25) is 0 Å². The molecule has 3 rings (SSSR count). The smallest absolute Gasteiger partial charge is 0.400 e. The van der Waals surface area contributed by atoms with E-state index in [9.17, 15) is 0 Å². The molecule has 2 heterocycles. The van der Waals surface area contributed by atoms with Crippen LogP contribution in [0.4, 0.5) is 0 Å². The van der Waals surface area contributed by atoms with Crippen molar-refractivity contribution in [3.05, 3.63) is 11.5 Å². The standard InChI is InChI=1S/C18H31BO3/c1-15(2)11-12-18(20-13-15)9-7-14(8-10-18)19-21-16(3,4)17(5,6)22-19/h7H,8-13H2,1-6H3. The fourth-order valence-electron chi connectivity index (χ4n) is 3.52. The maximum atomic E-state index is 6.29. The van der Waals surface area contributed by atoms with Crippen LogP contribution in [0.3, 0.4) is 0 Å². The van der Waals surface area contributed by atoms with Crippen molar-refractivity contribution in [2.24, 2.45) is 5.41 Å². The van der Waals surface area contributed by atoms with Crippen molar-refractivity contribution in [2.75, 3.05) is 6.61 Å². The third-order valence-electron chi connectivity index (χ3n) is 6.19. The van der Waals surface area contributed by atoms with Crippen molar-refractivity contribution in [2.45, 2.75) is 90.4 Å². The molecule has 0 bridgehead atoms. The van der Waals surface area contributed by atoms with Gasteiger partial charge in [-0.25, -0.2) is 0 Å². The molecule has 1 spiro atoms. The highest BCUT2D eigenvalue weighted by Crippen LogP contribution is 2.45. The summed E-state index contributed by atoms with van der Waals surface area (Å²) in [4.78, 5) is 0. The Morgan fingerprint density at radius 3 is 2.00 bits per heavy atom. The van der Waals surface area contributed by atoms with Gasteiger partial charge < -0.3 is 14.0 Å². The Balaban J connectivity index is 1.66. The van der Waals surface area contributed by atoms with Crippen LogP contribution in [0.15, 0.2) is 11.5 Å². The van der Waals surface area contributed by atoms with Crippen molar-refractivity contribution < 1.29 is 14.0 Å². The van der Waals surface area contributed by atoms with Crippen LogP contribution < -0.4 is 0 Å². The van der Waals surface area contributed by atoms with Crippen LogP contribution in [0.1, 0.15) is 73.6 Å². The molecule has 2 fully saturated rings. The lowest BCUT2D eigenvalue weighted by atomic mass is 9.67. The molecule has 0 amide bonds. The minimum atomic E-state index is -0.251. The lowest BCUT2D eigenvalue weighted by molar-refractivity contribution is -0.128. The molecule has 0 saturated carbocycles. The second-order valence-corrected chi connectivity index (χ2v) is 9.21. The monoisotopic (exact) mass is 306 g/mol. The van der Waals surface area contributed by atoms with Gasteiger partial charge in [0.25, 0.3) is 0 Å². The number of allylic oxidation sites excluding steroid dienone is 1. The number of ether oxygens (including phenoxy) is 1. The third-order valence-corrected chi connectivity index (χ3v) is 6.19. The highest BCUT2D eigenvalue weighted by atomic mass is 16.7. The van der Waals surface area contributed by atoms with Gasteiger partial charge in [-0.2, -0.15) is 0 Å². The zero-order valence-electron chi connectivity index (χ0n) is 15.1. The molecule has 0 aromatic carbocycles. The van der Waals surface area contributed by atoms with Gasteiger partial charge in [0.2, 0.25) is 0 Å². The second kappa shape index (κ2) is 5.09. The molecular weight excluding hydrogens is 275 g/mol. The van der Waals surface area contributed by atoms with E-state index in [1.54, 1.807) is 0 Å². The fraction of sp³-hybridized carbons (Fsp3) is 0.889. The van der Waals surface area contributed by atoms with E-state index in [0.717, 1.165) is 25.9 Å². The summed E-state index contributed by atoms with van der Waals surface area (Å²) in [5.41, 5.74) is 1.21. The van der Waals surface area contributed by atoms with E-state index in [1.807, 2.05) is 0 Å². The van der Waals surface area contributed by atoms with Crippen LogP contribution >= 0.6 is 0 Å². The predicted molar refractivity (Wildman–Crippen MR) is 89.7 cm³/mol. The SMILES string of the molecule is CC1(C)CCC2(CC=C(B3OC(C)(C)C(C)(C)O3)CC2)OC1. The third kappa shape index (κ3) is 2.90. The van der Waals surface area contributed by atoms with E-state index in [-0.39, 0.29) is 23.9 Å². The van der Waals surface area contributed by atoms with Gasteiger partial charge in [0.1, 0.15) is 0 Å². The summed E-state index contributed by atoms with van der Waals surface area (Å²) in [5.74, 6) is 0.